The van der Waals surface area contributed by atoms with E-state index in [4.69, 9.17) is 39.5 Å². The summed E-state index contributed by atoms with van der Waals surface area (Å²) >= 11 is 17.5. The van der Waals surface area contributed by atoms with Crippen LogP contribution in [0.15, 0.2) is 30.5 Å². The Labute approximate surface area is 147 Å². The molecule has 1 aromatic heterocycles. The second kappa shape index (κ2) is 7.64. The van der Waals surface area contributed by atoms with Crippen molar-refractivity contribution in [3.63, 3.8) is 0 Å². The average molecular weight is 375 g/mol. The molecule has 0 atom stereocenters. The Hall–Kier alpha value is -1.82. The van der Waals surface area contributed by atoms with E-state index in [1.165, 1.54) is 13.3 Å². The number of pyridine rings is 1. The molecule has 0 saturated heterocycles. The van der Waals surface area contributed by atoms with Crippen LogP contribution in [0, 0.1) is 0 Å². The Kier molecular flexibility index (Phi) is 5.82. The van der Waals surface area contributed by atoms with Gasteiger partial charge in [0.1, 0.15) is 6.61 Å². The molecule has 0 radical (unpaired) electrons. The maximum absolute atomic E-state index is 12.0. The molecule has 1 aromatic carbocycles. The van der Waals surface area contributed by atoms with E-state index in [1.54, 1.807) is 24.3 Å². The van der Waals surface area contributed by atoms with Gasteiger partial charge in [0, 0.05) is 6.20 Å². The fourth-order valence-electron chi connectivity index (χ4n) is 1.66. The number of esters is 2. The minimum Gasteiger partial charge on any atom is -0.465 e. The summed E-state index contributed by atoms with van der Waals surface area (Å²) in [6.45, 7) is -0.0153. The highest BCUT2D eigenvalue weighted by molar-refractivity contribution is 6.48. The summed E-state index contributed by atoms with van der Waals surface area (Å²) in [5.74, 6) is -1.18. The number of nitrogens with zero attached hydrogens (tertiary/aromatic N) is 1. The highest BCUT2D eigenvalue weighted by Gasteiger charge is 2.18. The Morgan fingerprint density at radius 3 is 2.30 bits per heavy atom. The lowest BCUT2D eigenvalue weighted by Gasteiger charge is -2.07. The fourth-order valence-corrected chi connectivity index (χ4v) is 2.22. The molecule has 0 spiro atoms. The van der Waals surface area contributed by atoms with Crippen molar-refractivity contribution in [2.45, 2.75) is 6.61 Å². The highest BCUT2D eigenvalue weighted by Crippen LogP contribution is 2.31. The van der Waals surface area contributed by atoms with E-state index in [-0.39, 0.29) is 27.4 Å². The van der Waals surface area contributed by atoms with Crippen molar-refractivity contribution in [1.82, 2.24) is 4.98 Å². The SMILES string of the molecule is COC(=O)c1ccc(COC(=O)c2ncc(Cl)c(Cl)c2Cl)cc1. The van der Waals surface area contributed by atoms with Crippen LogP contribution in [-0.2, 0) is 16.1 Å². The Bertz CT molecular complexity index is 747. The van der Waals surface area contributed by atoms with Crippen LogP contribution < -0.4 is 0 Å². The predicted molar refractivity (Wildman–Crippen MR) is 86.2 cm³/mol. The molecule has 0 aliphatic heterocycles. The standard InChI is InChI=1S/C15H10Cl3NO4/c1-22-14(20)9-4-2-8(3-5-9)7-23-15(21)13-12(18)11(17)10(16)6-19-13/h2-6H,7H2,1H3. The summed E-state index contributed by atoms with van der Waals surface area (Å²) in [5.41, 5.74) is 0.964. The van der Waals surface area contributed by atoms with Gasteiger partial charge in [-0.3, -0.25) is 0 Å². The zero-order valence-electron chi connectivity index (χ0n) is 11.8. The first-order valence-corrected chi connectivity index (χ1v) is 7.41. The van der Waals surface area contributed by atoms with Crippen LogP contribution in [-0.4, -0.2) is 24.0 Å². The monoisotopic (exact) mass is 373 g/mol. The molecule has 0 saturated carbocycles. The van der Waals surface area contributed by atoms with E-state index >= 15 is 0 Å². The van der Waals surface area contributed by atoms with Gasteiger partial charge in [0.05, 0.1) is 27.7 Å². The van der Waals surface area contributed by atoms with E-state index in [0.717, 1.165) is 0 Å². The number of benzene rings is 1. The number of ether oxygens (including phenoxy) is 2. The maximum atomic E-state index is 12.0. The lowest BCUT2D eigenvalue weighted by Crippen LogP contribution is -2.09. The zero-order valence-corrected chi connectivity index (χ0v) is 14.1. The Morgan fingerprint density at radius 2 is 1.70 bits per heavy atom. The van der Waals surface area contributed by atoms with E-state index in [0.29, 0.717) is 11.1 Å². The van der Waals surface area contributed by atoms with Crippen molar-refractivity contribution < 1.29 is 19.1 Å². The lowest BCUT2D eigenvalue weighted by molar-refractivity contribution is 0.0464. The van der Waals surface area contributed by atoms with Gasteiger partial charge in [-0.05, 0) is 17.7 Å². The Morgan fingerprint density at radius 1 is 1.04 bits per heavy atom. The molecule has 8 heteroatoms. The largest absolute Gasteiger partial charge is 0.465 e. The summed E-state index contributed by atoms with van der Waals surface area (Å²) in [4.78, 5) is 27.1. The number of hydrogen-bond donors (Lipinski definition) is 0. The molecule has 2 aromatic rings. The minimum atomic E-state index is -0.731. The number of carbonyl (C=O) groups is 2. The van der Waals surface area contributed by atoms with Crippen molar-refractivity contribution in [3.05, 3.63) is 62.4 Å². The summed E-state index contributed by atoms with van der Waals surface area (Å²) in [5, 5.41) is 0.120. The van der Waals surface area contributed by atoms with Crippen molar-refractivity contribution in [2.24, 2.45) is 0 Å². The molecular formula is C15H10Cl3NO4. The zero-order chi connectivity index (χ0) is 17.0. The summed E-state index contributed by atoms with van der Waals surface area (Å²) < 4.78 is 9.71. The molecule has 120 valence electrons. The molecule has 0 unspecified atom stereocenters. The van der Waals surface area contributed by atoms with Crippen LogP contribution in [0.3, 0.4) is 0 Å². The number of hydrogen-bond acceptors (Lipinski definition) is 5. The second-order valence-electron chi connectivity index (χ2n) is 4.35. The molecule has 23 heavy (non-hydrogen) atoms. The van der Waals surface area contributed by atoms with Gasteiger partial charge >= 0.3 is 11.9 Å². The van der Waals surface area contributed by atoms with Crippen LogP contribution in [0.1, 0.15) is 26.4 Å². The fraction of sp³-hybridized carbons (Fsp3) is 0.133. The van der Waals surface area contributed by atoms with Gasteiger partial charge in [-0.25, -0.2) is 14.6 Å². The molecule has 0 aliphatic carbocycles. The van der Waals surface area contributed by atoms with E-state index < -0.39 is 11.9 Å². The van der Waals surface area contributed by atoms with Gasteiger partial charge < -0.3 is 9.47 Å². The van der Waals surface area contributed by atoms with Gasteiger partial charge in [-0.2, -0.15) is 0 Å². The number of methoxy groups -OCH3 is 1. The molecule has 0 fully saturated rings. The molecule has 1 heterocycles. The molecule has 0 N–H and O–H groups in total. The second-order valence-corrected chi connectivity index (χ2v) is 5.51. The molecule has 0 amide bonds. The quantitative estimate of drug-likeness (QED) is 0.751. The molecule has 0 aliphatic rings. The number of aromatic nitrogens is 1. The first-order valence-electron chi connectivity index (χ1n) is 6.28. The molecule has 2 rings (SSSR count). The normalized spacial score (nSPS) is 10.3. The molecule has 0 bridgehead atoms. The van der Waals surface area contributed by atoms with Gasteiger partial charge in [-0.15, -0.1) is 0 Å². The average Bonchev–Trinajstić information content (AvgIpc) is 2.57. The summed E-state index contributed by atoms with van der Waals surface area (Å²) in [7, 11) is 1.30. The summed E-state index contributed by atoms with van der Waals surface area (Å²) in [6, 6.07) is 6.42. The first-order chi connectivity index (χ1) is 10.9. The van der Waals surface area contributed by atoms with Crippen molar-refractivity contribution >= 4 is 46.7 Å². The number of carbonyl (C=O) groups excluding carboxylic acids is 2. The third kappa shape index (κ3) is 4.13. The topological polar surface area (TPSA) is 65.5 Å². The third-order valence-electron chi connectivity index (χ3n) is 2.86. The van der Waals surface area contributed by atoms with Gasteiger partial charge in [0.15, 0.2) is 5.69 Å². The van der Waals surface area contributed by atoms with Crippen LogP contribution in [0.2, 0.25) is 15.1 Å². The Balaban J connectivity index is 2.05. The van der Waals surface area contributed by atoms with Crippen LogP contribution in [0.25, 0.3) is 0 Å². The van der Waals surface area contributed by atoms with Gasteiger partial charge in [0.2, 0.25) is 0 Å². The lowest BCUT2D eigenvalue weighted by atomic mass is 10.1. The maximum Gasteiger partial charge on any atom is 0.358 e. The smallest absolute Gasteiger partial charge is 0.358 e. The highest BCUT2D eigenvalue weighted by atomic mass is 35.5. The first kappa shape index (κ1) is 17.5. The minimum absolute atomic E-state index is 0.0153. The van der Waals surface area contributed by atoms with Crippen LogP contribution in [0.4, 0.5) is 0 Å². The van der Waals surface area contributed by atoms with Crippen LogP contribution >= 0.6 is 34.8 Å². The van der Waals surface area contributed by atoms with Crippen LogP contribution in [0.5, 0.6) is 0 Å². The van der Waals surface area contributed by atoms with Crippen molar-refractivity contribution in [2.75, 3.05) is 7.11 Å². The molecule has 5 nitrogen and oxygen atoms in total. The predicted octanol–water partition coefficient (Wildman–Crippen LogP) is 4.19. The number of rotatable bonds is 4. The van der Waals surface area contributed by atoms with Gasteiger partial charge in [-0.1, -0.05) is 46.9 Å². The molecular weight excluding hydrogens is 365 g/mol. The van der Waals surface area contributed by atoms with E-state index in [2.05, 4.69) is 9.72 Å². The van der Waals surface area contributed by atoms with Crippen molar-refractivity contribution in [1.29, 1.82) is 0 Å². The van der Waals surface area contributed by atoms with Gasteiger partial charge in [0.25, 0.3) is 0 Å². The van der Waals surface area contributed by atoms with Crippen molar-refractivity contribution in [3.8, 4) is 0 Å². The summed E-state index contributed by atoms with van der Waals surface area (Å²) in [6.07, 6.45) is 1.22. The van der Waals surface area contributed by atoms with E-state index in [1.807, 2.05) is 0 Å². The third-order valence-corrected chi connectivity index (χ3v) is 4.10. The number of halogens is 3. The van der Waals surface area contributed by atoms with E-state index in [9.17, 15) is 9.59 Å².